The highest BCUT2D eigenvalue weighted by molar-refractivity contribution is 7.89. The third-order valence-electron chi connectivity index (χ3n) is 3.89. The van der Waals surface area contributed by atoms with Crippen LogP contribution in [0.5, 0.6) is 0 Å². The van der Waals surface area contributed by atoms with E-state index in [4.69, 9.17) is 4.74 Å². The lowest BCUT2D eigenvalue weighted by atomic mass is 9.94. The molecule has 0 radical (unpaired) electrons. The van der Waals surface area contributed by atoms with Gasteiger partial charge in [-0.25, -0.2) is 8.42 Å². The maximum absolute atomic E-state index is 12.7. The first kappa shape index (κ1) is 17.9. The van der Waals surface area contributed by atoms with E-state index in [2.05, 4.69) is 19.2 Å². The number of piperidine rings is 1. The second-order valence-electron chi connectivity index (χ2n) is 6.27. The lowest BCUT2D eigenvalue weighted by molar-refractivity contribution is -0.119. The van der Waals surface area contributed by atoms with E-state index in [1.807, 2.05) is 0 Å². The smallest absolute Gasteiger partial charge is 0.250 e. The topological polar surface area (TPSA) is 75.7 Å². The predicted octanol–water partition coefficient (Wildman–Crippen LogP) is 1.94. The number of methoxy groups -OCH3 is 1. The van der Waals surface area contributed by atoms with Gasteiger partial charge in [-0.3, -0.25) is 4.79 Å². The van der Waals surface area contributed by atoms with Gasteiger partial charge in [-0.2, -0.15) is 4.31 Å². The Balaban J connectivity index is 2.12. The molecule has 0 saturated carbocycles. The maximum Gasteiger partial charge on any atom is 0.250 e. The molecular formula is C16H24N2O4S. The summed E-state index contributed by atoms with van der Waals surface area (Å²) in [5, 5.41) is 2.64. The lowest BCUT2D eigenvalue weighted by Gasteiger charge is -2.34. The standard InChI is InChI=1S/C16H24N2O4S/c1-12-8-13(2)10-18(9-12)23(20,21)15-6-4-14(5-7-15)17-16(19)11-22-3/h4-7,12-13H,8-11H2,1-3H3,(H,17,19)/t12-,13-/m1/s1. The molecule has 128 valence electrons. The van der Waals surface area contributed by atoms with Gasteiger partial charge in [-0.05, 0) is 42.5 Å². The van der Waals surface area contributed by atoms with Gasteiger partial charge in [0.1, 0.15) is 6.61 Å². The fraction of sp³-hybridized carbons (Fsp3) is 0.562. The molecule has 7 heteroatoms. The fourth-order valence-corrected chi connectivity index (χ4v) is 4.67. The number of hydrogen-bond acceptors (Lipinski definition) is 4. The summed E-state index contributed by atoms with van der Waals surface area (Å²) in [6, 6.07) is 6.25. The number of amides is 1. The number of ether oxygens (including phenoxy) is 1. The molecule has 23 heavy (non-hydrogen) atoms. The Morgan fingerprint density at radius 2 is 1.78 bits per heavy atom. The van der Waals surface area contributed by atoms with Gasteiger partial charge < -0.3 is 10.1 Å². The minimum Gasteiger partial charge on any atom is -0.375 e. The Morgan fingerprint density at radius 3 is 2.30 bits per heavy atom. The van der Waals surface area contributed by atoms with Gasteiger partial charge >= 0.3 is 0 Å². The van der Waals surface area contributed by atoms with Crippen molar-refractivity contribution >= 4 is 21.6 Å². The van der Waals surface area contributed by atoms with Gasteiger partial charge in [0.2, 0.25) is 15.9 Å². The van der Waals surface area contributed by atoms with E-state index in [1.54, 1.807) is 16.4 Å². The van der Waals surface area contributed by atoms with Crippen LogP contribution in [-0.4, -0.2) is 45.4 Å². The highest BCUT2D eigenvalue weighted by Crippen LogP contribution is 2.27. The number of nitrogens with zero attached hydrogens (tertiary/aromatic N) is 1. The molecule has 1 N–H and O–H groups in total. The molecule has 1 amide bonds. The predicted molar refractivity (Wildman–Crippen MR) is 88.7 cm³/mol. The van der Waals surface area contributed by atoms with Crippen LogP contribution in [0.3, 0.4) is 0 Å². The van der Waals surface area contributed by atoms with E-state index in [9.17, 15) is 13.2 Å². The Morgan fingerprint density at radius 1 is 1.22 bits per heavy atom. The SMILES string of the molecule is COCC(=O)Nc1ccc(S(=O)(=O)N2C[C@H](C)C[C@@H](C)C2)cc1. The molecule has 2 rings (SSSR count). The van der Waals surface area contributed by atoms with Crippen LogP contribution in [0, 0.1) is 11.8 Å². The third kappa shape index (κ3) is 4.53. The van der Waals surface area contributed by atoms with Crippen LogP contribution >= 0.6 is 0 Å². The average Bonchev–Trinajstić information content (AvgIpc) is 2.47. The fourth-order valence-electron chi connectivity index (χ4n) is 2.99. The molecule has 0 bridgehead atoms. The quantitative estimate of drug-likeness (QED) is 0.889. The van der Waals surface area contributed by atoms with E-state index < -0.39 is 10.0 Å². The van der Waals surface area contributed by atoms with Gasteiger partial charge in [0, 0.05) is 25.9 Å². The molecule has 0 spiro atoms. The maximum atomic E-state index is 12.7. The molecule has 1 aromatic rings. The first-order valence-electron chi connectivity index (χ1n) is 7.72. The van der Waals surface area contributed by atoms with Crippen molar-refractivity contribution < 1.29 is 17.9 Å². The first-order valence-corrected chi connectivity index (χ1v) is 9.16. The molecule has 2 atom stereocenters. The number of hydrogen-bond donors (Lipinski definition) is 1. The van der Waals surface area contributed by atoms with Gasteiger partial charge in [-0.15, -0.1) is 0 Å². The van der Waals surface area contributed by atoms with Crippen LogP contribution in [0.15, 0.2) is 29.2 Å². The van der Waals surface area contributed by atoms with Crippen LogP contribution < -0.4 is 5.32 Å². The van der Waals surface area contributed by atoms with E-state index in [-0.39, 0.29) is 17.4 Å². The summed E-state index contributed by atoms with van der Waals surface area (Å²) < 4.78 is 31.8. The van der Waals surface area contributed by atoms with Gasteiger partial charge in [0.05, 0.1) is 4.90 Å². The summed E-state index contributed by atoms with van der Waals surface area (Å²) in [6.45, 7) is 5.22. The molecule has 1 saturated heterocycles. The Hall–Kier alpha value is -1.44. The van der Waals surface area contributed by atoms with Crippen molar-refractivity contribution in [1.82, 2.24) is 4.31 Å². The zero-order valence-corrected chi connectivity index (χ0v) is 14.6. The molecule has 1 aliphatic heterocycles. The van der Waals surface area contributed by atoms with Crippen molar-refractivity contribution in [2.24, 2.45) is 11.8 Å². The Labute approximate surface area is 137 Å². The summed E-state index contributed by atoms with van der Waals surface area (Å²) in [4.78, 5) is 11.7. The van der Waals surface area contributed by atoms with Crippen molar-refractivity contribution in [3.05, 3.63) is 24.3 Å². The molecule has 1 fully saturated rings. The third-order valence-corrected chi connectivity index (χ3v) is 5.73. The van der Waals surface area contributed by atoms with E-state index in [1.165, 1.54) is 19.2 Å². The molecular weight excluding hydrogens is 316 g/mol. The zero-order valence-electron chi connectivity index (χ0n) is 13.8. The highest BCUT2D eigenvalue weighted by Gasteiger charge is 2.31. The second-order valence-corrected chi connectivity index (χ2v) is 8.21. The van der Waals surface area contributed by atoms with Crippen LogP contribution in [0.25, 0.3) is 0 Å². The number of nitrogens with one attached hydrogen (secondary N) is 1. The van der Waals surface area contributed by atoms with Gasteiger partial charge in [0.15, 0.2) is 0 Å². The monoisotopic (exact) mass is 340 g/mol. The minimum absolute atomic E-state index is 0.0381. The molecule has 0 aromatic heterocycles. The van der Waals surface area contributed by atoms with Crippen LogP contribution in [0.2, 0.25) is 0 Å². The summed E-state index contributed by atoms with van der Waals surface area (Å²) in [6.07, 6.45) is 1.05. The van der Waals surface area contributed by atoms with Gasteiger partial charge in [-0.1, -0.05) is 13.8 Å². The number of carbonyl (C=O) groups is 1. The summed E-state index contributed by atoms with van der Waals surface area (Å²) in [5.74, 6) is 0.448. The lowest BCUT2D eigenvalue weighted by Crippen LogP contribution is -2.42. The van der Waals surface area contributed by atoms with Crippen molar-refractivity contribution in [2.45, 2.75) is 25.2 Å². The van der Waals surface area contributed by atoms with Crippen molar-refractivity contribution in [3.8, 4) is 0 Å². The normalized spacial score (nSPS) is 22.7. The number of anilines is 1. The molecule has 1 heterocycles. The number of benzene rings is 1. The van der Waals surface area contributed by atoms with E-state index >= 15 is 0 Å². The van der Waals surface area contributed by atoms with Crippen LogP contribution in [-0.2, 0) is 19.6 Å². The van der Waals surface area contributed by atoms with Crippen molar-refractivity contribution in [2.75, 3.05) is 32.1 Å². The number of rotatable bonds is 5. The van der Waals surface area contributed by atoms with Crippen LogP contribution in [0.4, 0.5) is 5.69 Å². The van der Waals surface area contributed by atoms with E-state index in [0.717, 1.165) is 6.42 Å². The average molecular weight is 340 g/mol. The number of carbonyl (C=O) groups excluding carboxylic acids is 1. The van der Waals surface area contributed by atoms with Crippen LogP contribution in [0.1, 0.15) is 20.3 Å². The summed E-state index contributed by atoms with van der Waals surface area (Å²) in [5.41, 5.74) is 0.548. The second kappa shape index (κ2) is 7.42. The summed E-state index contributed by atoms with van der Waals surface area (Å²) >= 11 is 0. The largest absolute Gasteiger partial charge is 0.375 e. The molecule has 0 unspecified atom stereocenters. The Bertz CT molecular complexity index is 633. The first-order chi connectivity index (χ1) is 10.8. The zero-order chi connectivity index (χ0) is 17.0. The highest BCUT2D eigenvalue weighted by atomic mass is 32.2. The number of sulfonamides is 1. The minimum atomic E-state index is -3.49. The molecule has 1 aliphatic rings. The summed E-state index contributed by atoms with van der Waals surface area (Å²) in [7, 11) is -2.05. The molecule has 1 aromatic carbocycles. The molecule has 0 aliphatic carbocycles. The van der Waals surface area contributed by atoms with Gasteiger partial charge in [0.25, 0.3) is 0 Å². The molecule has 6 nitrogen and oxygen atoms in total. The Kier molecular flexibility index (Phi) is 5.78. The van der Waals surface area contributed by atoms with E-state index in [0.29, 0.717) is 30.6 Å². The van der Waals surface area contributed by atoms with Crippen molar-refractivity contribution in [3.63, 3.8) is 0 Å². The van der Waals surface area contributed by atoms with Crippen molar-refractivity contribution in [1.29, 1.82) is 0 Å².